The Morgan fingerprint density at radius 2 is 1.54 bits per heavy atom. The second-order valence-corrected chi connectivity index (χ2v) is 15.6. The highest BCUT2D eigenvalue weighted by Gasteiger charge is 2.40. The van der Waals surface area contributed by atoms with Gasteiger partial charge in [-0.2, -0.15) is 0 Å². The molecule has 1 heterocycles. The Hall–Kier alpha value is -0.906. The fraction of sp³-hybridized carbons (Fsp3) is 0.700. The van der Waals surface area contributed by atoms with E-state index < -0.39 is 17.0 Å². The molecule has 0 N–H and O–H groups in total. The fourth-order valence-corrected chi connectivity index (χ4v) is 7.48. The van der Waals surface area contributed by atoms with Crippen LogP contribution in [-0.2, 0) is 19.8 Å². The van der Waals surface area contributed by atoms with Gasteiger partial charge in [0.1, 0.15) is 8.24 Å². The number of hydrogen-bond acceptors (Lipinski definition) is 6. The molecular weight excluding hydrogens is 390 g/mol. The summed E-state index contributed by atoms with van der Waals surface area (Å²) in [7, 11) is -4.07. The molecule has 0 unspecified atom stereocenters. The van der Waals surface area contributed by atoms with E-state index >= 15 is 0 Å². The van der Waals surface area contributed by atoms with Gasteiger partial charge < -0.3 is 27.3 Å². The van der Waals surface area contributed by atoms with E-state index in [4.69, 9.17) is 22.8 Å². The Kier molecular flexibility index (Phi) is 8.97. The second-order valence-electron chi connectivity index (χ2n) is 7.87. The summed E-state index contributed by atoms with van der Waals surface area (Å²) in [4.78, 5) is 0. The molecular formula is C20H37NO5Si2. The minimum absolute atomic E-state index is 0.315. The van der Waals surface area contributed by atoms with Gasteiger partial charge in [-0.05, 0) is 51.4 Å². The summed E-state index contributed by atoms with van der Waals surface area (Å²) in [6, 6.07) is 7.11. The van der Waals surface area contributed by atoms with Crippen LogP contribution in [0.2, 0.25) is 25.7 Å². The van der Waals surface area contributed by atoms with Crippen molar-refractivity contribution in [3.63, 3.8) is 0 Å². The van der Waals surface area contributed by atoms with E-state index in [1.165, 1.54) is 5.56 Å². The molecule has 0 saturated heterocycles. The molecule has 1 aliphatic rings. The normalized spacial score (nSPS) is 14.1. The lowest BCUT2D eigenvalue weighted by atomic mass is 10.2. The zero-order valence-corrected chi connectivity index (χ0v) is 20.4. The van der Waals surface area contributed by atoms with Gasteiger partial charge in [0.05, 0.1) is 0 Å². The Morgan fingerprint density at radius 1 is 0.929 bits per heavy atom. The van der Waals surface area contributed by atoms with Crippen molar-refractivity contribution < 1.29 is 22.8 Å². The lowest BCUT2D eigenvalue weighted by Gasteiger charge is -2.35. The highest BCUT2D eigenvalue weighted by atomic mass is 28.4. The number of hydrogen-bond donors (Lipinski definition) is 0. The molecule has 0 atom stereocenters. The first-order chi connectivity index (χ1) is 13.3. The average molecular weight is 428 g/mol. The molecule has 0 spiro atoms. The minimum atomic E-state index is -2.58. The van der Waals surface area contributed by atoms with Crippen LogP contribution in [0.1, 0.15) is 32.8 Å². The van der Waals surface area contributed by atoms with Crippen LogP contribution in [0.25, 0.3) is 0 Å². The maximum Gasteiger partial charge on any atom is 0.500 e. The number of nitrogens with zero attached hydrogens (tertiary/aromatic N) is 1. The molecule has 0 saturated carbocycles. The van der Waals surface area contributed by atoms with Gasteiger partial charge >= 0.3 is 8.80 Å². The standard InChI is InChI=1S/C20H37NO5Si2/c1-7-24-28(25-8-2,26-9-3)14-10-13-21(27(4,5)6)16-18-11-12-19-20(15-18)23-17-22-19/h11-12,15H,7-10,13-14,16-17H2,1-6H3. The Balaban J connectivity index is 2.01. The monoisotopic (exact) mass is 427 g/mol. The summed E-state index contributed by atoms with van der Waals surface area (Å²) in [6.45, 7) is 17.3. The summed E-state index contributed by atoms with van der Waals surface area (Å²) in [6.07, 6.45) is 1.00. The second kappa shape index (κ2) is 10.8. The molecule has 1 aromatic rings. The van der Waals surface area contributed by atoms with Gasteiger partial charge in [0.2, 0.25) is 6.79 Å². The minimum Gasteiger partial charge on any atom is -0.454 e. The van der Waals surface area contributed by atoms with E-state index in [1.807, 2.05) is 26.8 Å². The Labute approximate surface area is 172 Å². The van der Waals surface area contributed by atoms with Crippen molar-refractivity contribution in [1.29, 1.82) is 0 Å². The largest absolute Gasteiger partial charge is 0.500 e. The topological polar surface area (TPSA) is 49.4 Å². The predicted octanol–water partition coefficient (Wildman–Crippen LogP) is 4.49. The van der Waals surface area contributed by atoms with E-state index in [-0.39, 0.29) is 0 Å². The van der Waals surface area contributed by atoms with Crippen molar-refractivity contribution >= 4 is 17.0 Å². The Morgan fingerprint density at radius 3 is 2.11 bits per heavy atom. The van der Waals surface area contributed by atoms with Crippen LogP contribution in [0.15, 0.2) is 18.2 Å². The van der Waals surface area contributed by atoms with Crippen LogP contribution < -0.4 is 9.47 Å². The molecule has 28 heavy (non-hydrogen) atoms. The van der Waals surface area contributed by atoms with Crippen molar-refractivity contribution in [2.45, 2.75) is 59.4 Å². The highest BCUT2D eigenvalue weighted by Crippen LogP contribution is 2.33. The third-order valence-corrected chi connectivity index (χ3v) is 10.2. The lowest BCUT2D eigenvalue weighted by molar-refractivity contribution is 0.0704. The van der Waals surface area contributed by atoms with Crippen LogP contribution in [0.3, 0.4) is 0 Å². The average Bonchev–Trinajstić information content (AvgIpc) is 3.08. The first kappa shape index (κ1) is 23.4. The summed E-state index contributed by atoms with van der Waals surface area (Å²) >= 11 is 0. The van der Waals surface area contributed by atoms with Gasteiger partial charge in [-0.25, -0.2) is 0 Å². The molecule has 0 aromatic heterocycles. The van der Waals surface area contributed by atoms with Gasteiger partial charge in [-0.3, -0.25) is 0 Å². The summed E-state index contributed by atoms with van der Waals surface area (Å²) in [5.74, 6) is 1.69. The number of benzene rings is 1. The predicted molar refractivity (Wildman–Crippen MR) is 116 cm³/mol. The summed E-state index contributed by atoms with van der Waals surface area (Å²) < 4.78 is 31.6. The zero-order chi connectivity index (χ0) is 20.6. The first-order valence-corrected chi connectivity index (χ1v) is 15.8. The first-order valence-electron chi connectivity index (χ1n) is 10.4. The van der Waals surface area contributed by atoms with E-state index in [2.05, 4.69) is 36.3 Å². The van der Waals surface area contributed by atoms with Crippen molar-refractivity contribution in [2.75, 3.05) is 33.2 Å². The van der Waals surface area contributed by atoms with Gasteiger partial charge in [0, 0.05) is 32.4 Å². The smallest absolute Gasteiger partial charge is 0.454 e. The molecule has 0 amide bonds. The van der Waals surface area contributed by atoms with E-state index in [9.17, 15) is 0 Å². The molecule has 160 valence electrons. The van der Waals surface area contributed by atoms with Crippen molar-refractivity contribution in [3.05, 3.63) is 23.8 Å². The van der Waals surface area contributed by atoms with Gasteiger partial charge in [0.15, 0.2) is 11.5 Å². The molecule has 0 radical (unpaired) electrons. The third kappa shape index (κ3) is 6.57. The third-order valence-electron chi connectivity index (χ3n) is 4.76. The lowest BCUT2D eigenvalue weighted by Crippen LogP contribution is -2.49. The van der Waals surface area contributed by atoms with Crippen molar-refractivity contribution in [1.82, 2.24) is 4.57 Å². The number of rotatable bonds is 13. The van der Waals surface area contributed by atoms with Crippen molar-refractivity contribution in [3.8, 4) is 11.5 Å². The zero-order valence-electron chi connectivity index (χ0n) is 18.4. The van der Waals surface area contributed by atoms with Crippen LogP contribution in [-0.4, -0.2) is 54.8 Å². The Bertz CT molecular complexity index is 592. The van der Waals surface area contributed by atoms with Gasteiger partial charge in [-0.1, -0.05) is 25.7 Å². The quantitative estimate of drug-likeness (QED) is 0.432. The maximum absolute atomic E-state index is 6.00. The summed E-state index contributed by atoms with van der Waals surface area (Å²) in [5, 5.41) is 0. The SMILES string of the molecule is CCO[Si](CCCN(Cc1ccc2c(c1)OCO2)[Si](C)(C)C)(OCC)OCC. The van der Waals surface area contributed by atoms with Crippen LogP contribution >= 0.6 is 0 Å². The molecule has 2 rings (SSSR count). The van der Waals surface area contributed by atoms with Crippen LogP contribution in [0.5, 0.6) is 11.5 Å². The molecule has 1 aromatic carbocycles. The summed E-state index contributed by atoms with van der Waals surface area (Å²) in [5.41, 5.74) is 1.26. The molecule has 0 aliphatic carbocycles. The van der Waals surface area contributed by atoms with E-state index in [0.29, 0.717) is 26.6 Å². The molecule has 8 heteroatoms. The van der Waals surface area contributed by atoms with E-state index in [1.54, 1.807) is 0 Å². The van der Waals surface area contributed by atoms with Crippen LogP contribution in [0.4, 0.5) is 0 Å². The molecule has 1 aliphatic heterocycles. The highest BCUT2D eigenvalue weighted by molar-refractivity contribution is 6.73. The van der Waals surface area contributed by atoms with Crippen LogP contribution in [0, 0.1) is 0 Å². The van der Waals surface area contributed by atoms with Gasteiger partial charge in [0.25, 0.3) is 0 Å². The molecule has 0 bridgehead atoms. The number of ether oxygens (including phenoxy) is 2. The van der Waals surface area contributed by atoms with Gasteiger partial charge in [-0.15, -0.1) is 0 Å². The van der Waals surface area contributed by atoms with E-state index in [0.717, 1.165) is 37.1 Å². The fourth-order valence-electron chi connectivity index (χ4n) is 3.40. The maximum atomic E-state index is 6.00. The molecule has 0 fully saturated rings. The molecule has 6 nitrogen and oxygen atoms in total. The number of fused-ring (bicyclic) bond motifs is 1. The van der Waals surface area contributed by atoms with Crippen molar-refractivity contribution in [2.24, 2.45) is 0 Å².